The lowest BCUT2D eigenvalue weighted by atomic mass is 9.89. The second kappa shape index (κ2) is 8.89. The largest absolute Gasteiger partial charge is 0.471 e. The van der Waals surface area contributed by atoms with Gasteiger partial charge in [-0.3, -0.25) is 4.79 Å². The summed E-state index contributed by atoms with van der Waals surface area (Å²) >= 11 is 14.9. The van der Waals surface area contributed by atoms with Crippen molar-refractivity contribution in [2.45, 2.75) is 18.9 Å². The van der Waals surface area contributed by atoms with E-state index in [2.05, 4.69) is 15.9 Å². The molecule has 2 rings (SSSR count). The Balaban J connectivity index is 1.94. The average molecular weight is 460 g/mol. The highest BCUT2D eigenvalue weighted by Crippen LogP contribution is 2.26. The van der Waals surface area contributed by atoms with Gasteiger partial charge in [-0.15, -0.1) is 0 Å². The molecule has 1 unspecified atom stereocenters. The standard InChI is InChI=1S/C19H17BrCl2O4/c1-19(2,11-25-18(24)12-3-5-13(21)6-4-12)16(23)17(20)26-15-9-7-14(22)8-10-15/h3-10,17H,11H2,1-2H3. The number of alkyl halides is 1. The van der Waals surface area contributed by atoms with Crippen molar-refractivity contribution < 1.29 is 19.1 Å². The first-order chi connectivity index (χ1) is 12.2. The van der Waals surface area contributed by atoms with E-state index in [-0.39, 0.29) is 12.4 Å². The quantitative estimate of drug-likeness (QED) is 0.402. The summed E-state index contributed by atoms with van der Waals surface area (Å²) in [7, 11) is 0. The van der Waals surface area contributed by atoms with Crippen LogP contribution in [0.2, 0.25) is 10.0 Å². The molecule has 0 aliphatic heterocycles. The van der Waals surface area contributed by atoms with Gasteiger partial charge in [0.05, 0.1) is 11.0 Å². The minimum Gasteiger partial charge on any atom is -0.471 e. The molecule has 0 radical (unpaired) electrons. The van der Waals surface area contributed by atoms with Gasteiger partial charge in [0.25, 0.3) is 0 Å². The molecule has 4 nitrogen and oxygen atoms in total. The number of hydrogen-bond acceptors (Lipinski definition) is 4. The Morgan fingerprint density at radius 1 is 1.00 bits per heavy atom. The van der Waals surface area contributed by atoms with Crippen LogP contribution >= 0.6 is 39.1 Å². The van der Waals surface area contributed by atoms with Crippen LogP contribution in [0.4, 0.5) is 0 Å². The minimum absolute atomic E-state index is 0.0840. The number of benzene rings is 2. The average Bonchev–Trinajstić information content (AvgIpc) is 2.61. The Morgan fingerprint density at radius 3 is 2.04 bits per heavy atom. The third-order valence-electron chi connectivity index (χ3n) is 3.57. The summed E-state index contributed by atoms with van der Waals surface area (Å²) in [6.45, 7) is 3.29. The van der Waals surface area contributed by atoms with Gasteiger partial charge in [-0.2, -0.15) is 0 Å². The van der Waals surface area contributed by atoms with Crippen LogP contribution in [-0.2, 0) is 9.53 Å². The Morgan fingerprint density at radius 2 is 1.50 bits per heavy atom. The highest BCUT2D eigenvalue weighted by molar-refractivity contribution is 9.09. The maximum Gasteiger partial charge on any atom is 0.338 e. The number of halogens is 3. The van der Waals surface area contributed by atoms with Crippen molar-refractivity contribution in [2.24, 2.45) is 5.41 Å². The predicted molar refractivity (Wildman–Crippen MR) is 105 cm³/mol. The van der Waals surface area contributed by atoms with Crippen molar-refractivity contribution >= 4 is 50.9 Å². The zero-order chi connectivity index (χ0) is 19.3. The van der Waals surface area contributed by atoms with Crippen LogP contribution in [0.25, 0.3) is 0 Å². The SMILES string of the molecule is CC(C)(COC(=O)c1ccc(Cl)cc1)C(=O)C(Br)Oc1ccc(Cl)cc1. The van der Waals surface area contributed by atoms with Gasteiger partial charge in [-0.25, -0.2) is 4.79 Å². The maximum absolute atomic E-state index is 12.6. The van der Waals surface area contributed by atoms with Crippen molar-refractivity contribution in [2.75, 3.05) is 6.61 Å². The minimum atomic E-state index is -0.942. The van der Waals surface area contributed by atoms with Crippen LogP contribution in [0.5, 0.6) is 5.75 Å². The zero-order valence-corrected chi connectivity index (χ0v) is 17.3. The summed E-state index contributed by atoms with van der Waals surface area (Å²) in [6, 6.07) is 13.0. The molecule has 0 heterocycles. The number of Topliss-reactive ketones (excluding diaryl/α,β-unsaturated/α-hetero) is 1. The second-order valence-corrected chi connectivity index (χ2v) is 7.92. The number of hydrogen-bond donors (Lipinski definition) is 0. The first-order valence-corrected chi connectivity index (χ1v) is 9.39. The molecule has 2 aromatic carbocycles. The Bertz CT molecular complexity index is 773. The van der Waals surface area contributed by atoms with E-state index in [4.69, 9.17) is 32.7 Å². The number of esters is 1. The van der Waals surface area contributed by atoms with E-state index < -0.39 is 16.4 Å². The van der Waals surface area contributed by atoms with Gasteiger partial charge in [0, 0.05) is 10.0 Å². The predicted octanol–water partition coefficient (Wildman–Crippen LogP) is 5.55. The van der Waals surface area contributed by atoms with E-state index in [1.807, 2.05) is 0 Å². The van der Waals surface area contributed by atoms with Crippen LogP contribution < -0.4 is 4.74 Å². The van der Waals surface area contributed by atoms with E-state index in [0.29, 0.717) is 21.4 Å². The molecule has 0 aliphatic carbocycles. The molecule has 0 spiro atoms. The van der Waals surface area contributed by atoms with Crippen LogP contribution in [0.3, 0.4) is 0 Å². The molecule has 0 bridgehead atoms. The fourth-order valence-corrected chi connectivity index (χ4v) is 3.07. The summed E-state index contributed by atoms with van der Waals surface area (Å²) in [5.74, 6) is -0.276. The molecule has 0 aromatic heterocycles. The number of ether oxygens (including phenoxy) is 2. The van der Waals surface area contributed by atoms with Crippen molar-refractivity contribution in [3.05, 3.63) is 64.1 Å². The third kappa shape index (κ3) is 5.73. The summed E-state index contributed by atoms with van der Waals surface area (Å²) in [5, 5.41) is 0.218. The van der Waals surface area contributed by atoms with Gasteiger partial charge in [0.2, 0.25) is 5.01 Å². The molecule has 0 aliphatic rings. The van der Waals surface area contributed by atoms with Gasteiger partial charge >= 0.3 is 5.97 Å². The van der Waals surface area contributed by atoms with Gasteiger partial charge < -0.3 is 9.47 Å². The molecule has 0 N–H and O–H groups in total. The third-order valence-corrected chi connectivity index (χ3v) is 4.68. The van der Waals surface area contributed by atoms with Crippen molar-refractivity contribution in [1.82, 2.24) is 0 Å². The smallest absolute Gasteiger partial charge is 0.338 e. The Hall–Kier alpha value is -1.56. The fraction of sp³-hybridized carbons (Fsp3) is 0.263. The van der Waals surface area contributed by atoms with Crippen LogP contribution in [0.1, 0.15) is 24.2 Å². The van der Waals surface area contributed by atoms with Crippen LogP contribution in [-0.4, -0.2) is 23.4 Å². The van der Waals surface area contributed by atoms with E-state index in [9.17, 15) is 9.59 Å². The molecular weight excluding hydrogens is 443 g/mol. The van der Waals surface area contributed by atoms with Crippen molar-refractivity contribution in [1.29, 1.82) is 0 Å². The van der Waals surface area contributed by atoms with E-state index in [1.165, 1.54) is 0 Å². The monoisotopic (exact) mass is 458 g/mol. The van der Waals surface area contributed by atoms with Crippen molar-refractivity contribution in [3.8, 4) is 5.75 Å². The first-order valence-electron chi connectivity index (χ1n) is 7.72. The lowest BCUT2D eigenvalue weighted by molar-refractivity contribution is -0.132. The van der Waals surface area contributed by atoms with E-state index in [1.54, 1.807) is 62.4 Å². The maximum atomic E-state index is 12.6. The lowest BCUT2D eigenvalue weighted by Gasteiger charge is -2.25. The summed E-state index contributed by atoms with van der Waals surface area (Å²) in [4.78, 5) is 24.7. The van der Waals surface area contributed by atoms with E-state index >= 15 is 0 Å². The van der Waals surface area contributed by atoms with Crippen LogP contribution in [0.15, 0.2) is 48.5 Å². The second-order valence-electron chi connectivity index (χ2n) is 6.22. The molecule has 2 aromatic rings. The zero-order valence-electron chi connectivity index (χ0n) is 14.2. The number of carbonyl (C=O) groups excluding carboxylic acids is 2. The molecule has 1 atom stereocenters. The number of ketones is 1. The van der Waals surface area contributed by atoms with E-state index in [0.717, 1.165) is 0 Å². The molecule has 138 valence electrons. The Labute approximate surface area is 170 Å². The van der Waals surface area contributed by atoms with Crippen LogP contribution in [0, 0.1) is 5.41 Å². The van der Waals surface area contributed by atoms with Gasteiger partial charge in [-0.1, -0.05) is 23.2 Å². The van der Waals surface area contributed by atoms with Gasteiger partial charge in [0.1, 0.15) is 12.4 Å². The Kier molecular flexibility index (Phi) is 7.09. The van der Waals surface area contributed by atoms with Gasteiger partial charge in [0.15, 0.2) is 5.78 Å². The number of rotatable bonds is 7. The van der Waals surface area contributed by atoms with Crippen molar-refractivity contribution in [3.63, 3.8) is 0 Å². The number of carbonyl (C=O) groups is 2. The topological polar surface area (TPSA) is 52.6 Å². The highest BCUT2D eigenvalue weighted by atomic mass is 79.9. The molecule has 26 heavy (non-hydrogen) atoms. The molecular formula is C19H17BrCl2O4. The summed E-state index contributed by atoms with van der Waals surface area (Å²) in [6.07, 6.45) is 0. The normalized spacial score (nSPS) is 12.3. The van der Waals surface area contributed by atoms with Gasteiger partial charge in [-0.05, 0) is 78.3 Å². The molecule has 0 saturated carbocycles. The molecule has 0 saturated heterocycles. The fourth-order valence-electron chi connectivity index (χ4n) is 1.98. The molecule has 7 heteroatoms. The summed E-state index contributed by atoms with van der Waals surface area (Å²) < 4.78 is 10.8. The molecule has 0 fully saturated rings. The lowest BCUT2D eigenvalue weighted by Crippen LogP contribution is -2.38. The molecule has 0 amide bonds. The highest BCUT2D eigenvalue weighted by Gasteiger charge is 2.35. The summed E-state index contributed by atoms with van der Waals surface area (Å²) in [5.41, 5.74) is -0.576. The first kappa shape index (κ1) is 20.7.